The molecule has 0 aliphatic carbocycles. The van der Waals surface area contributed by atoms with Crippen molar-refractivity contribution < 1.29 is 47.5 Å². The zero-order chi connectivity index (χ0) is 40.1. The Bertz CT molecular complexity index is 1620. The first-order chi connectivity index (χ1) is 24.7. The fraction of sp³-hybridized carbons (Fsp3) is 0.600. The molecule has 0 radical (unpaired) electrons. The molecule has 6 atom stereocenters. The largest absolute Gasteiger partial charge is 0.497 e. The molecule has 0 amide bonds. The quantitative estimate of drug-likeness (QED) is 0.186. The normalized spacial score (nSPS) is 23.8. The molecular weight excluding hydrogens is 697 g/mol. The number of rotatable bonds is 12. The number of hydrogen-bond acceptors (Lipinski definition) is 12. The van der Waals surface area contributed by atoms with Crippen LogP contribution in [0.5, 0.6) is 11.5 Å². The zero-order valence-corrected chi connectivity index (χ0v) is 35.1. The second-order valence-electron chi connectivity index (χ2n) is 15.7. The van der Waals surface area contributed by atoms with Crippen LogP contribution in [0.3, 0.4) is 0 Å². The Morgan fingerprint density at radius 3 is 1.43 bits per heavy atom. The van der Waals surface area contributed by atoms with Gasteiger partial charge in [-0.15, -0.1) is 0 Å². The summed E-state index contributed by atoms with van der Waals surface area (Å²) in [7, 11) is 3.68. The SMILES string of the molecule is COC(=O)[C@]1([C@@H](O)C(C)C)N=C(c2ccc(OC)cc2)O[C@@H]1C.COC(=O)[C@]1([C@@H](O[Si](C)(C)C(C)(C)C)C(C)C)N=C(c2ccc(OC)cc2)O[C@@H]1C. The minimum Gasteiger partial charge on any atom is -0.497 e. The smallest absolute Gasteiger partial charge is 0.340 e. The third kappa shape index (κ3) is 8.73. The number of ether oxygens (including phenoxy) is 6. The molecule has 2 aliphatic rings. The van der Waals surface area contributed by atoms with Gasteiger partial charge in [-0.25, -0.2) is 19.6 Å². The Kier molecular flexibility index (Phi) is 14.0. The summed E-state index contributed by atoms with van der Waals surface area (Å²) in [6.07, 6.45) is -2.65. The lowest BCUT2D eigenvalue weighted by Gasteiger charge is -2.45. The van der Waals surface area contributed by atoms with Crippen LogP contribution in [0.4, 0.5) is 0 Å². The monoisotopic (exact) mass is 756 g/mol. The average Bonchev–Trinajstić information content (AvgIpc) is 3.66. The molecule has 0 spiro atoms. The highest BCUT2D eigenvalue weighted by Crippen LogP contribution is 2.44. The van der Waals surface area contributed by atoms with E-state index in [1.807, 2.05) is 45.0 Å². The van der Waals surface area contributed by atoms with Gasteiger partial charge in [0.05, 0.1) is 40.6 Å². The molecule has 4 rings (SSSR count). The Balaban J connectivity index is 0.000000295. The molecule has 13 heteroatoms. The summed E-state index contributed by atoms with van der Waals surface area (Å²) in [6, 6.07) is 14.6. The molecule has 2 aliphatic heterocycles. The first-order valence-corrected chi connectivity index (χ1v) is 20.9. The number of carbonyl (C=O) groups is 2. The summed E-state index contributed by atoms with van der Waals surface area (Å²) in [5, 5.41) is 10.6. The van der Waals surface area contributed by atoms with Crippen LogP contribution in [0.2, 0.25) is 18.1 Å². The number of esters is 2. The fourth-order valence-corrected chi connectivity index (χ4v) is 7.58. The molecule has 0 unspecified atom stereocenters. The summed E-state index contributed by atoms with van der Waals surface area (Å²) in [5.41, 5.74) is -1.24. The van der Waals surface area contributed by atoms with E-state index in [1.54, 1.807) is 45.4 Å². The lowest BCUT2D eigenvalue weighted by molar-refractivity contribution is -0.157. The number of nitrogens with zero attached hydrogens (tertiary/aromatic N) is 2. The van der Waals surface area contributed by atoms with Crippen molar-refractivity contribution in [3.05, 3.63) is 59.7 Å². The molecule has 2 aromatic carbocycles. The number of aliphatic hydroxyl groups excluding tert-OH is 1. The number of aliphatic imine (C=N–C) groups is 2. The molecule has 1 N–H and O–H groups in total. The highest BCUT2D eigenvalue weighted by molar-refractivity contribution is 6.74. The molecule has 2 heterocycles. The van der Waals surface area contributed by atoms with Crippen LogP contribution in [0, 0.1) is 11.8 Å². The minimum atomic E-state index is -2.20. The molecule has 2 aromatic rings. The van der Waals surface area contributed by atoms with Crippen molar-refractivity contribution in [3.8, 4) is 11.5 Å². The number of benzene rings is 2. The van der Waals surface area contributed by atoms with Gasteiger partial charge in [-0.3, -0.25) is 0 Å². The van der Waals surface area contributed by atoms with Crippen LogP contribution >= 0.6 is 0 Å². The van der Waals surface area contributed by atoms with E-state index in [2.05, 4.69) is 52.7 Å². The van der Waals surface area contributed by atoms with Gasteiger partial charge in [0.1, 0.15) is 23.7 Å². The maximum Gasteiger partial charge on any atom is 0.340 e. The molecule has 0 aromatic heterocycles. The Morgan fingerprint density at radius 2 is 1.09 bits per heavy atom. The number of carbonyl (C=O) groups excluding carboxylic acids is 2. The average molecular weight is 757 g/mol. The first kappa shape index (κ1) is 43.5. The molecule has 12 nitrogen and oxygen atoms in total. The van der Waals surface area contributed by atoms with Crippen LogP contribution < -0.4 is 9.47 Å². The molecule has 0 bridgehead atoms. The lowest BCUT2D eigenvalue weighted by Crippen LogP contribution is -2.61. The third-order valence-electron chi connectivity index (χ3n) is 10.4. The Labute approximate surface area is 316 Å². The minimum absolute atomic E-state index is 0.0112. The van der Waals surface area contributed by atoms with Gasteiger partial charge in [0, 0.05) is 11.1 Å². The van der Waals surface area contributed by atoms with Gasteiger partial charge < -0.3 is 38.0 Å². The lowest BCUT2D eigenvalue weighted by atomic mass is 9.82. The molecule has 0 saturated heterocycles. The van der Waals surface area contributed by atoms with Gasteiger partial charge in [-0.1, -0.05) is 48.5 Å². The van der Waals surface area contributed by atoms with Crippen molar-refractivity contribution in [2.24, 2.45) is 21.8 Å². The van der Waals surface area contributed by atoms with Crippen molar-refractivity contribution in [2.75, 3.05) is 28.4 Å². The van der Waals surface area contributed by atoms with Gasteiger partial charge in [0.2, 0.25) is 22.9 Å². The van der Waals surface area contributed by atoms with Crippen molar-refractivity contribution in [1.29, 1.82) is 0 Å². The van der Waals surface area contributed by atoms with Gasteiger partial charge in [-0.2, -0.15) is 0 Å². The van der Waals surface area contributed by atoms with E-state index in [0.29, 0.717) is 23.1 Å². The van der Waals surface area contributed by atoms with Crippen molar-refractivity contribution >= 4 is 32.1 Å². The topological polar surface area (TPSA) is 144 Å². The summed E-state index contributed by atoms with van der Waals surface area (Å²) in [4.78, 5) is 34.9. The van der Waals surface area contributed by atoms with Crippen LogP contribution in [0.25, 0.3) is 0 Å². The number of aliphatic hydroxyl groups is 1. The van der Waals surface area contributed by atoms with Gasteiger partial charge in [0.25, 0.3) is 0 Å². The fourth-order valence-electron chi connectivity index (χ4n) is 6.14. The van der Waals surface area contributed by atoms with Crippen LogP contribution in [0.15, 0.2) is 58.5 Å². The maximum absolute atomic E-state index is 13.2. The zero-order valence-electron chi connectivity index (χ0n) is 34.1. The van der Waals surface area contributed by atoms with Crippen molar-refractivity contribution in [2.45, 2.75) is 116 Å². The van der Waals surface area contributed by atoms with E-state index in [-0.39, 0.29) is 16.9 Å². The molecule has 0 saturated carbocycles. The van der Waals surface area contributed by atoms with Crippen LogP contribution in [-0.4, -0.2) is 101 Å². The summed E-state index contributed by atoms with van der Waals surface area (Å²) < 4.78 is 39.2. The van der Waals surface area contributed by atoms with E-state index in [9.17, 15) is 14.7 Å². The maximum atomic E-state index is 13.2. The molecule has 53 heavy (non-hydrogen) atoms. The summed E-state index contributed by atoms with van der Waals surface area (Å²) in [5.74, 6) is 0.992. The summed E-state index contributed by atoms with van der Waals surface area (Å²) >= 11 is 0. The first-order valence-electron chi connectivity index (χ1n) is 18.0. The Morgan fingerprint density at radius 1 is 0.717 bits per heavy atom. The van der Waals surface area contributed by atoms with Crippen LogP contribution in [0.1, 0.15) is 73.4 Å². The van der Waals surface area contributed by atoms with Gasteiger partial charge >= 0.3 is 11.9 Å². The highest BCUT2D eigenvalue weighted by Gasteiger charge is 2.60. The summed E-state index contributed by atoms with van der Waals surface area (Å²) in [6.45, 7) is 22.2. The highest BCUT2D eigenvalue weighted by atomic mass is 28.4. The van der Waals surface area contributed by atoms with Crippen molar-refractivity contribution in [3.63, 3.8) is 0 Å². The molecular formula is C40H60N2O10Si. The number of hydrogen-bond donors (Lipinski definition) is 1. The number of methoxy groups -OCH3 is 4. The van der Waals surface area contributed by atoms with E-state index < -0.39 is 55.7 Å². The third-order valence-corrected chi connectivity index (χ3v) is 14.9. The second kappa shape index (κ2) is 17.0. The van der Waals surface area contributed by atoms with E-state index in [0.717, 1.165) is 11.3 Å². The second-order valence-corrected chi connectivity index (χ2v) is 20.4. The predicted octanol–water partition coefficient (Wildman–Crippen LogP) is 6.61. The van der Waals surface area contributed by atoms with Crippen molar-refractivity contribution in [1.82, 2.24) is 0 Å². The van der Waals surface area contributed by atoms with Gasteiger partial charge in [0.15, 0.2) is 8.32 Å². The Hall–Kier alpha value is -3.94. The predicted molar refractivity (Wildman–Crippen MR) is 207 cm³/mol. The standard InChI is InChI=1S/C23H37NO5Si.C17H23NO5/c1-15(2)19(29-30(9,10)22(4,5)6)23(21(25)27-8)16(3)28-20(24-23)17-11-13-18(26-7)14-12-17;1-10(2)14(19)17(16(20)22-5)11(3)23-15(18-17)12-6-8-13(21-4)9-7-12/h11-16,19H,1-10H3;6-11,14,19H,1-5H3/t16-,19+,23+;11-,14+,17+/m11/s1. The molecule has 0 fully saturated rings. The molecule has 294 valence electrons. The van der Waals surface area contributed by atoms with Gasteiger partial charge in [-0.05, 0) is 92.3 Å². The van der Waals surface area contributed by atoms with E-state index >= 15 is 0 Å². The van der Waals surface area contributed by atoms with Crippen LogP contribution in [-0.2, 0) is 33.0 Å². The van der Waals surface area contributed by atoms with E-state index in [4.69, 9.17) is 37.8 Å². The van der Waals surface area contributed by atoms with E-state index in [1.165, 1.54) is 14.2 Å².